The van der Waals surface area contributed by atoms with Crippen molar-refractivity contribution in [3.63, 3.8) is 0 Å². The van der Waals surface area contributed by atoms with Gasteiger partial charge in [0.1, 0.15) is 5.38 Å². The van der Waals surface area contributed by atoms with E-state index in [2.05, 4.69) is 15.9 Å². The average Bonchev–Trinajstić information content (AvgIpc) is 2.14. The summed E-state index contributed by atoms with van der Waals surface area (Å²) in [6.07, 6.45) is -4.54. The van der Waals surface area contributed by atoms with E-state index >= 15 is 0 Å². The summed E-state index contributed by atoms with van der Waals surface area (Å²) < 4.78 is 38.1. The van der Waals surface area contributed by atoms with Gasteiger partial charge in [0.2, 0.25) is 0 Å². The van der Waals surface area contributed by atoms with Gasteiger partial charge in [-0.3, -0.25) is 4.79 Å². The van der Waals surface area contributed by atoms with Gasteiger partial charge in [0.25, 0.3) is 0 Å². The zero-order chi connectivity index (χ0) is 12.5. The second-order valence-corrected chi connectivity index (χ2v) is 4.47. The number of alkyl halides is 4. The third kappa shape index (κ3) is 2.77. The van der Waals surface area contributed by atoms with Crippen LogP contribution in [0, 0.1) is 0 Å². The summed E-state index contributed by atoms with van der Waals surface area (Å²) in [7, 11) is 0. The first-order valence-electron chi connectivity index (χ1n) is 4.25. The summed E-state index contributed by atoms with van der Waals surface area (Å²) in [6, 6.07) is 3.87. The Bertz CT molecular complexity index is 417. The van der Waals surface area contributed by atoms with Gasteiger partial charge in [0, 0.05) is 4.47 Å². The molecular formula is C10H7BrClF3O. The van der Waals surface area contributed by atoms with Crippen LogP contribution < -0.4 is 0 Å². The molecule has 0 aliphatic heterocycles. The van der Waals surface area contributed by atoms with Crippen LogP contribution in [0.5, 0.6) is 0 Å². The van der Waals surface area contributed by atoms with Crippen molar-refractivity contribution in [2.75, 3.05) is 0 Å². The molecule has 1 atom stereocenters. The fourth-order valence-corrected chi connectivity index (χ4v) is 2.06. The van der Waals surface area contributed by atoms with E-state index in [1.165, 1.54) is 18.2 Å². The van der Waals surface area contributed by atoms with Gasteiger partial charge in [0.05, 0.1) is 5.56 Å². The highest BCUT2D eigenvalue weighted by Gasteiger charge is 2.37. The topological polar surface area (TPSA) is 17.1 Å². The highest BCUT2D eigenvalue weighted by molar-refractivity contribution is 9.10. The Labute approximate surface area is 104 Å². The van der Waals surface area contributed by atoms with Crippen molar-refractivity contribution in [2.45, 2.75) is 18.5 Å². The van der Waals surface area contributed by atoms with E-state index in [4.69, 9.17) is 11.6 Å². The van der Waals surface area contributed by atoms with Crippen molar-refractivity contribution in [3.8, 4) is 0 Å². The largest absolute Gasteiger partial charge is 0.417 e. The van der Waals surface area contributed by atoms with Crippen LogP contribution in [-0.4, -0.2) is 5.78 Å². The van der Waals surface area contributed by atoms with Crippen molar-refractivity contribution in [3.05, 3.63) is 33.8 Å². The standard InChI is InChI=1S/C10H7BrClF3O/c1-5(16)9(12)6-3-2-4-7(11)8(6)10(13,14)15/h2-4,9H,1H3. The SMILES string of the molecule is CC(=O)C(Cl)c1cccc(Br)c1C(F)(F)F. The molecule has 0 spiro atoms. The highest BCUT2D eigenvalue weighted by Crippen LogP contribution is 2.41. The smallest absolute Gasteiger partial charge is 0.298 e. The molecule has 0 radical (unpaired) electrons. The first-order valence-corrected chi connectivity index (χ1v) is 5.48. The zero-order valence-electron chi connectivity index (χ0n) is 8.11. The molecule has 88 valence electrons. The van der Waals surface area contributed by atoms with E-state index in [1.54, 1.807) is 0 Å². The third-order valence-electron chi connectivity index (χ3n) is 1.96. The van der Waals surface area contributed by atoms with E-state index in [1.807, 2.05) is 0 Å². The summed E-state index contributed by atoms with van der Waals surface area (Å²) in [5.74, 6) is -0.523. The maximum Gasteiger partial charge on any atom is 0.417 e. The van der Waals surface area contributed by atoms with Crippen LogP contribution in [0.15, 0.2) is 22.7 Å². The normalized spacial score (nSPS) is 13.6. The Morgan fingerprint density at radius 1 is 1.44 bits per heavy atom. The van der Waals surface area contributed by atoms with E-state index in [9.17, 15) is 18.0 Å². The van der Waals surface area contributed by atoms with Gasteiger partial charge < -0.3 is 0 Å². The van der Waals surface area contributed by atoms with Crippen molar-refractivity contribution < 1.29 is 18.0 Å². The molecular weight excluding hydrogens is 308 g/mol. The molecule has 0 bridgehead atoms. The number of hydrogen-bond acceptors (Lipinski definition) is 1. The molecule has 0 aromatic heterocycles. The van der Waals surface area contributed by atoms with Crippen LogP contribution in [0.3, 0.4) is 0 Å². The van der Waals surface area contributed by atoms with Gasteiger partial charge in [-0.2, -0.15) is 13.2 Å². The van der Waals surface area contributed by atoms with Gasteiger partial charge in [0.15, 0.2) is 5.78 Å². The summed E-state index contributed by atoms with van der Waals surface area (Å²) in [5, 5.41) is -1.28. The number of halogens is 5. The maximum absolute atomic E-state index is 12.7. The molecule has 0 N–H and O–H groups in total. The number of benzene rings is 1. The number of Topliss-reactive ketones (excluding diaryl/α,β-unsaturated/α-hetero) is 1. The molecule has 1 rings (SSSR count). The molecule has 0 saturated carbocycles. The molecule has 0 aliphatic rings. The molecule has 16 heavy (non-hydrogen) atoms. The van der Waals surface area contributed by atoms with Crippen molar-refractivity contribution in [1.29, 1.82) is 0 Å². The monoisotopic (exact) mass is 314 g/mol. The van der Waals surface area contributed by atoms with Crippen molar-refractivity contribution in [2.24, 2.45) is 0 Å². The first-order chi connectivity index (χ1) is 7.25. The molecule has 1 aromatic rings. The Balaban J connectivity index is 3.40. The number of carbonyl (C=O) groups excluding carboxylic acids is 1. The van der Waals surface area contributed by atoms with Crippen LogP contribution in [0.4, 0.5) is 13.2 Å². The lowest BCUT2D eigenvalue weighted by Crippen LogP contribution is -2.14. The molecule has 6 heteroatoms. The fourth-order valence-electron chi connectivity index (χ4n) is 1.27. The van der Waals surface area contributed by atoms with Crippen LogP contribution >= 0.6 is 27.5 Å². The maximum atomic E-state index is 12.7. The average molecular weight is 316 g/mol. The Hall–Kier alpha value is -0.550. The summed E-state index contributed by atoms with van der Waals surface area (Å²) in [6.45, 7) is 1.15. The lowest BCUT2D eigenvalue weighted by Gasteiger charge is -2.16. The minimum atomic E-state index is -4.54. The quantitative estimate of drug-likeness (QED) is 0.742. The zero-order valence-corrected chi connectivity index (χ0v) is 10.4. The molecule has 0 amide bonds. The van der Waals surface area contributed by atoms with Crippen LogP contribution in [-0.2, 0) is 11.0 Å². The summed E-state index contributed by atoms with van der Waals surface area (Å²) in [4.78, 5) is 11.0. The molecule has 1 nitrogen and oxygen atoms in total. The van der Waals surface area contributed by atoms with E-state index in [0.29, 0.717) is 0 Å². The van der Waals surface area contributed by atoms with E-state index in [-0.39, 0.29) is 10.0 Å². The van der Waals surface area contributed by atoms with Crippen molar-refractivity contribution >= 4 is 33.3 Å². The fraction of sp³-hybridized carbons (Fsp3) is 0.300. The Morgan fingerprint density at radius 2 is 2.00 bits per heavy atom. The summed E-state index contributed by atoms with van der Waals surface area (Å²) >= 11 is 8.46. The molecule has 0 fully saturated rings. The number of rotatable bonds is 2. The number of carbonyl (C=O) groups is 1. The van der Waals surface area contributed by atoms with E-state index in [0.717, 1.165) is 6.92 Å². The van der Waals surface area contributed by atoms with Gasteiger partial charge >= 0.3 is 6.18 Å². The van der Waals surface area contributed by atoms with Gasteiger partial charge in [-0.25, -0.2) is 0 Å². The van der Waals surface area contributed by atoms with Crippen LogP contribution in [0.1, 0.15) is 23.4 Å². The van der Waals surface area contributed by atoms with Crippen molar-refractivity contribution in [1.82, 2.24) is 0 Å². The lowest BCUT2D eigenvalue weighted by molar-refractivity contribution is -0.138. The molecule has 1 aromatic carbocycles. The Morgan fingerprint density at radius 3 is 2.44 bits per heavy atom. The summed E-state index contributed by atoms with van der Waals surface area (Å²) in [5.41, 5.74) is -1.12. The predicted octanol–water partition coefficient (Wildman–Crippen LogP) is 4.34. The minimum absolute atomic E-state index is 0.121. The predicted molar refractivity (Wildman–Crippen MR) is 58.4 cm³/mol. The lowest BCUT2D eigenvalue weighted by atomic mass is 10.0. The van der Waals surface area contributed by atoms with Crippen LogP contribution in [0.2, 0.25) is 0 Å². The van der Waals surface area contributed by atoms with Gasteiger partial charge in [-0.15, -0.1) is 11.6 Å². The van der Waals surface area contributed by atoms with Crippen LogP contribution in [0.25, 0.3) is 0 Å². The minimum Gasteiger partial charge on any atom is -0.298 e. The number of hydrogen-bond donors (Lipinski definition) is 0. The highest BCUT2D eigenvalue weighted by atomic mass is 79.9. The van der Waals surface area contributed by atoms with E-state index < -0.39 is 22.9 Å². The molecule has 0 heterocycles. The second-order valence-electron chi connectivity index (χ2n) is 3.18. The Kier molecular flexibility index (Phi) is 4.02. The number of ketones is 1. The molecule has 0 saturated heterocycles. The first kappa shape index (κ1) is 13.5. The third-order valence-corrected chi connectivity index (χ3v) is 3.16. The van der Waals surface area contributed by atoms with Gasteiger partial charge in [-0.1, -0.05) is 28.1 Å². The molecule has 0 aliphatic carbocycles. The van der Waals surface area contributed by atoms with Gasteiger partial charge in [-0.05, 0) is 18.6 Å². The second kappa shape index (κ2) is 4.75. The molecule has 1 unspecified atom stereocenters.